The molecule has 0 bridgehead atoms. The number of imidazole rings is 4. The lowest BCUT2D eigenvalue weighted by Gasteiger charge is -2.32. The highest BCUT2D eigenvalue weighted by atomic mass is 16.2. The van der Waals surface area contributed by atoms with E-state index in [2.05, 4.69) is 94.3 Å². The zero-order valence-electron chi connectivity index (χ0n) is 72.2. The summed E-state index contributed by atoms with van der Waals surface area (Å²) in [5, 5.41) is 6.58. The molecule has 0 spiro atoms. The quantitative estimate of drug-likeness (QED) is 0.0543. The summed E-state index contributed by atoms with van der Waals surface area (Å²) in [6, 6.07) is 54.0. The largest absolute Gasteiger partial charge is 0.382 e. The van der Waals surface area contributed by atoms with Gasteiger partial charge in [-0.25, -0.2) is 59.8 Å². The zero-order chi connectivity index (χ0) is 88.6. The van der Waals surface area contributed by atoms with Gasteiger partial charge in [0, 0.05) is 136 Å². The highest BCUT2D eigenvalue weighted by molar-refractivity contribution is 5.98. The fraction of sp³-hybridized carbons (Fsp3) is 0.250. The number of nitrogen functional groups attached to an aromatic ring is 4. The fourth-order valence-electron chi connectivity index (χ4n) is 15.8. The molecule has 0 aliphatic carbocycles. The molecule has 20 rings (SSSR count). The maximum absolute atomic E-state index is 13.0. The van der Waals surface area contributed by atoms with E-state index >= 15 is 0 Å². The Labute approximate surface area is 738 Å². The molecular formula is C96H100N28O4. The fourth-order valence-corrected chi connectivity index (χ4v) is 15.8. The first kappa shape index (κ1) is 85.1. The van der Waals surface area contributed by atoms with Crippen LogP contribution in [0, 0.1) is 27.7 Å². The van der Waals surface area contributed by atoms with E-state index in [0.29, 0.717) is 114 Å². The van der Waals surface area contributed by atoms with Crippen molar-refractivity contribution in [2.45, 2.75) is 40.5 Å². The van der Waals surface area contributed by atoms with Gasteiger partial charge in [0.05, 0.1) is 91.7 Å². The van der Waals surface area contributed by atoms with E-state index in [1.807, 2.05) is 217 Å². The van der Waals surface area contributed by atoms with Crippen molar-refractivity contribution in [3.8, 4) is 91.1 Å². The van der Waals surface area contributed by atoms with Crippen molar-refractivity contribution in [2.75, 3.05) is 142 Å². The minimum absolute atomic E-state index is 0.0506. The number of H-pyrrole nitrogens is 4. The summed E-state index contributed by atoms with van der Waals surface area (Å²) < 4.78 is 0. The molecule has 4 fully saturated rings. The van der Waals surface area contributed by atoms with Crippen LogP contribution in [0.4, 0.5) is 23.3 Å². The van der Waals surface area contributed by atoms with Crippen molar-refractivity contribution in [1.82, 2.24) is 120 Å². The van der Waals surface area contributed by atoms with E-state index in [4.69, 9.17) is 42.9 Å². The summed E-state index contributed by atoms with van der Waals surface area (Å²) in [6.45, 7) is 21.3. The number of likely N-dealkylation sites (N-methyl/N-ethyl adjacent to an activating group) is 2. The number of anilines is 4. The number of amides is 4. The van der Waals surface area contributed by atoms with Gasteiger partial charge >= 0.3 is 0 Å². The molecule has 0 unspecified atom stereocenters. The molecule has 8 aromatic carbocycles. The topological polar surface area (TPSA) is 434 Å². The Bertz CT molecular complexity index is 6740. The van der Waals surface area contributed by atoms with Crippen LogP contribution >= 0.6 is 0 Å². The third-order valence-corrected chi connectivity index (χ3v) is 23.2. The molecule has 4 aliphatic heterocycles. The van der Waals surface area contributed by atoms with E-state index in [0.717, 1.165) is 206 Å². The monoisotopic (exact) mass is 1710 g/mol. The Morgan fingerprint density at radius 1 is 0.281 bits per heavy atom. The molecule has 14 N–H and O–H groups in total. The van der Waals surface area contributed by atoms with Gasteiger partial charge in [0.2, 0.25) is 0 Å². The van der Waals surface area contributed by atoms with Crippen molar-refractivity contribution in [3.63, 3.8) is 0 Å². The molecule has 0 atom stereocenters. The second-order valence-corrected chi connectivity index (χ2v) is 32.7. The summed E-state index contributed by atoms with van der Waals surface area (Å²) in [7, 11) is 4.17. The van der Waals surface area contributed by atoms with E-state index in [-0.39, 0.29) is 23.6 Å². The number of piperazine rings is 2. The van der Waals surface area contributed by atoms with Gasteiger partial charge in [-0.15, -0.1) is 0 Å². The predicted octanol–water partition coefficient (Wildman–Crippen LogP) is 12.0. The van der Waals surface area contributed by atoms with E-state index < -0.39 is 0 Å². The van der Waals surface area contributed by atoms with Crippen LogP contribution in [0.15, 0.2) is 195 Å². The molecule has 8 aromatic heterocycles. The third-order valence-electron chi connectivity index (χ3n) is 23.2. The number of aryl methyl sites for hydroxylation is 4. The molecular weight excluding hydrogens is 1610 g/mol. The number of nitrogens with zero attached hydrogens (tertiary/aromatic N) is 18. The van der Waals surface area contributed by atoms with Gasteiger partial charge in [0.15, 0.2) is 46.6 Å². The summed E-state index contributed by atoms with van der Waals surface area (Å²) in [5.74, 6) is 3.81. The molecule has 648 valence electrons. The number of nitrogens with two attached hydrogens (primary N) is 4. The van der Waals surface area contributed by atoms with E-state index in [1.165, 1.54) is 0 Å². The highest BCUT2D eigenvalue weighted by Crippen LogP contribution is 2.34. The number of aromatic nitrogens is 16. The average molecular weight is 1710 g/mol. The smallest absolute Gasteiger partial charge is 0.253 e. The Morgan fingerprint density at radius 3 is 0.828 bits per heavy atom. The lowest BCUT2D eigenvalue weighted by Crippen LogP contribution is -2.47. The standard InChI is InChI=1S/C25H27N7O.2C24H25N7O.C23H23N7O/c1-16-4-9-19-20(14-16)30-24(29-19)22-23(26)27-15-21(28-22)17-5-7-18(8-6-17)25(33)32-11-3-10-31(2)12-13-32;1-15-3-8-18-19(13-15)29-23(28-18)21-22(25)26-14-20(27-21)16-4-6-17(7-5-16)24(32)31-11-9-30(2)10-12-31;1-15-3-8-18-19(13-15)30-23(29-18)21-22(25)27-14-20(28-21)16-4-6-17(7-5-16)24(32)31-11-2-9-26-10-12-31;1-14-2-7-17-18(12-14)29-22(28-17)20-21(24)26-13-19(27-20)15-3-5-16(6-4-15)23(31)30-10-8-25-9-11-30/h4-9,14-15H,3,10-13H2,1-2H3,(H2,26,27)(H,29,30);3-8,13-14H,9-12H2,1-2H3,(H2,25,26)(H,28,29);3-8,13-14,26H,2,9-12H2,1H3,(H2,25,27)(H,29,30);2-7,12-13,25H,8-11H2,1H3,(H2,24,26)(H,28,29). The summed E-state index contributed by atoms with van der Waals surface area (Å²) >= 11 is 0. The minimum Gasteiger partial charge on any atom is -0.382 e. The van der Waals surface area contributed by atoms with E-state index in [1.54, 1.807) is 24.8 Å². The SMILES string of the molecule is Cc1ccc2nc(-c3nc(-c4ccc(C(=O)N5CCCN(C)CC5)cc4)cnc3N)[nH]c2c1.Cc1ccc2nc(-c3nc(-c4ccc(C(=O)N5CCCNCC5)cc4)cnc3N)[nH]c2c1.Cc1ccc2nc(-c3nc(-c4ccc(C(=O)N5CCN(C)CC5)cc4)cnc3N)[nH]c2c1.Cc1ccc2nc(-c3nc(-c4ccc(C(=O)N5CCNCC5)cc4)cnc3N)[nH]c2c1. The number of rotatable bonds is 12. The van der Waals surface area contributed by atoms with Gasteiger partial charge in [0.1, 0.15) is 22.8 Å². The van der Waals surface area contributed by atoms with Gasteiger partial charge in [-0.3, -0.25) is 19.2 Å². The van der Waals surface area contributed by atoms with Crippen LogP contribution in [0.5, 0.6) is 0 Å². The number of fused-ring (bicyclic) bond motifs is 4. The molecule has 0 saturated carbocycles. The number of hydrogen-bond donors (Lipinski definition) is 10. The zero-order valence-corrected chi connectivity index (χ0v) is 72.2. The van der Waals surface area contributed by atoms with Crippen LogP contribution in [-0.2, 0) is 0 Å². The Balaban J connectivity index is 0.000000120. The molecule has 12 heterocycles. The Morgan fingerprint density at radius 2 is 0.531 bits per heavy atom. The van der Waals surface area contributed by atoms with Crippen molar-refractivity contribution in [2.24, 2.45) is 0 Å². The molecule has 16 aromatic rings. The van der Waals surface area contributed by atoms with Gasteiger partial charge in [0.25, 0.3) is 23.6 Å². The van der Waals surface area contributed by atoms with Crippen molar-refractivity contribution in [3.05, 3.63) is 239 Å². The number of aromatic amines is 4. The maximum atomic E-state index is 13.0. The normalized spacial score (nSPS) is 14.6. The van der Waals surface area contributed by atoms with Crippen LogP contribution < -0.4 is 33.6 Å². The highest BCUT2D eigenvalue weighted by Gasteiger charge is 2.26. The molecule has 32 heteroatoms. The molecule has 32 nitrogen and oxygen atoms in total. The molecule has 0 radical (unpaired) electrons. The maximum Gasteiger partial charge on any atom is 0.253 e. The lowest BCUT2D eigenvalue weighted by molar-refractivity contribution is 0.0662. The second-order valence-electron chi connectivity index (χ2n) is 32.7. The molecule has 128 heavy (non-hydrogen) atoms. The average Bonchev–Trinajstić information content (AvgIpc) is 1.63. The van der Waals surface area contributed by atoms with Gasteiger partial charge in [-0.1, -0.05) is 72.8 Å². The second kappa shape index (κ2) is 37.8. The molecule has 4 aliphatic rings. The summed E-state index contributed by atoms with van der Waals surface area (Å²) in [6.07, 6.45) is 8.53. The first-order chi connectivity index (χ1) is 62.1. The van der Waals surface area contributed by atoms with Crippen LogP contribution in [-0.4, -0.2) is 252 Å². The molecule has 4 saturated heterocycles. The number of hydrogen-bond acceptors (Lipinski definition) is 24. The van der Waals surface area contributed by atoms with Gasteiger partial charge in [-0.2, -0.15) is 0 Å². The number of nitrogens with one attached hydrogen (secondary N) is 6. The van der Waals surface area contributed by atoms with Crippen LogP contribution in [0.2, 0.25) is 0 Å². The van der Waals surface area contributed by atoms with Gasteiger partial charge < -0.3 is 82.9 Å². The summed E-state index contributed by atoms with van der Waals surface area (Å²) in [4.78, 5) is 131. The molecule has 4 amide bonds. The third kappa shape index (κ3) is 19.4. The number of carbonyl (C=O) groups is 4. The van der Waals surface area contributed by atoms with Crippen LogP contribution in [0.3, 0.4) is 0 Å². The first-order valence-corrected chi connectivity index (χ1v) is 42.9. The van der Waals surface area contributed by atoms with Crippen molar-refractivity contribution in [1.29, 1.82) is 0 Å². The van der Waals surface area contributed by atoms with Crippen LogP contribution in [0.25, 0.3) is 135 Å². The summed E-state index contributed by atoms with van der Waals surface area (Å²) in [5.41, 5.74) is 47.0. The van der Waals surface area contributed by atoms with Crippen LogP contribution in [0.1, 0.15) is 76.5 Å². The number of benzene rings is 8. The van der Waals surface area contributed by atoms with Crippen molar-refractivity contribution < 1.29 is 19.2 Å². The van der Waals surface area contributed by atoms with E-state index in [9.17, 15) is 19.2 Å². The number of carbonyl (C=O) groups excluding carboxylic acids is 4. The van der Waals surface area contributed by atoms with Crippen molar-refractivity contribution >= 4 is 91.0 Å². The predicted molar refractivity (Wildman–Crippen MR) is 500 cm³/mol. The Hall–Kier alpha value is -15.1. The first-order valence-electron chi connectivity index (χ1n) is 42.9. The lowest BCUT2D eigenvalue weighted by atomic mass is 10.1. The van der Waals surface area contributed by atoms with Gasteiger partial charge in [-0.05, 0) is 187 Å². The Kier molecular flexibility index (Phi) is 25.1. The minimum atomic E-state index is 0.0506.